The largest absolute Gasteiger partial charge is 0.393 e. The summed E-state index contributed by atoms with van der Waals surface area (Å²) in [5, 5.41) is 14.6. The molecule has 0 aliphatic heterocycles. The summed E-state index contributed by atoms with van der Waals surface area (Å²) < 4.78 is 15.6. The Kier molecular flexibility index (Phi) is 5.17. The number of rotatable bonds is 5. The molecule has 1 N–H and O–H groups in total. The van der Waals surface area contributed by atoms with Gasteiger partial charge >= 0.3 is 0 Å². The van der Waals surface area contributed by atoms with E-state index in [1.54, 1.807) is 6.07 Å². The number of hydrogen-bond donors (Lipinski definition) is 1. The molecule has 0 saturated heterocycles. The van der Waals surface area contributed by atoms with Crippen LogP contribution in [0, 0.1) is 19.7 Å². The van der Waals surface area contributed by atoms with Gasteiger partial charge in [-0.1, -0.05) is 22.0 Å². The van der Waals surface area contributed by atoms with E-state index in [4.69, 9.17) is 0 Å². The van der Waals surface area contributed by atoms with E-state index >= 15 is 0 Å². The minimum absolute atomic E-state index is 0.276. The molecule has 114 valence electrons. The number of aromatic nitrogens is 2. The van der Waals surface area contributed by atoms with Crippen LogP contribution in [0.5, 0.6) is 0 Å². The molecule has 2 rings (SSSR count). The highest BCUT2D eigenvalue weighted by molar-refractivity contribution is 9.10. The van der Waals surface area contributed by atoms with Crippen molar-refractivity contribution in [3.63, 3.8) is 0 Å². The molecule has 21 heavy (non-hydrogen) atoms. The first kappa shape index (κ1) is 16.2. The molecule has 1 aromatic carbocycles. The highest BCUT2D eigenvalue weighted by atomic mass is 79.9. The van der Waals surface area contributed by atoms with Gasteiger partial charge in [0.2, 0.25) is 0 Å². The van der Waals surface area contributed by atoms with Crippen molar-refractivity contribution < 1.29 is 9.50 Å². The van der Waals surface area contributed by atoms with Gasteiger partial charge in [0.1, 0.15) is 5.82 Å². The van der Waals surface area contributed by atoms with E-state index in [2.05, 4.69) is 21.0 Å². The van der Waals surface area contributed by atoms with Crippen molar-refractivity contribution in [1.82, 2.24) is 9.78 Å². The Morgan fingerprint density at radius 3 is 2.67 bits per heavy atom. The summed E-state index contributed by atoms with van der Waals surface area (Å²) in [7, 11) is 1.93. The Morgan fingerprint density at radius 1 is 1.38 bits per heavy atom. The molecule has 5 heteroatoms. The van der Waals surface area contributed by atoms with Crippen molar-refractivity contribution in [3.05, 3.63) is 51.0 Å². The summed E-state index contributed by atoms with van der Waals surface area (Å²) in [5.74, 6) is -0.276. The van der Waals surface area contributed by atoms with Crippen molar-refractivity contribution >= 4 is 15.9 Å². The maximum atomic E-state index is 13.0. The lowest BCUT2D eigenvalue weighted by atomic mass is 10.0. The zero-order chi connectivity index (χ0) is 15.6. The lowest BCUT2D eigenvalue weighted by Gasteiger charge is -2.12. The molecule has 3 nitrogen and oxygen atoms in total. The van der Waals surface area contributed by atoms with Gasteiger partial charge < -0.3 is 5.11 Å². The number of hydrogen-bond acceptors (Lipinski definition) is 2. The number of nitrogens with zero attached hydrogens (tertiary/aromatic N) is 2. The lowest BCUT2D eigenvalue weighted by molar-refractivity contribution is 0.165. The van der Waals surface area contributed by atoms with Crippen molar-refractivity contribution in [2.75, 3.05) is 0 Å². The topological polar surface area (TPSA) is 38.0 Å². The molecule has 0 fully saturated rings. The van der Waals surface area contributed by atoms with Crippen LogP contribution in [-0.2, 0) is 19.9 Å². The second-order valence-corrected chi connectivity index (χ2v) is 6.26. The number of benzene rings is 1. The monoisotopic (exact) mass is 354 g/mol. The van der Waals surface area contributed by atoms with Crippen LogP contribution in [-0.4, -0.2) is 21.0 Å². The third kappa shape index (κ3) is 3.92. The molecule has 1 aromatic heterocycles. The summed E-state index contributed by atoms with van der Waals surface area (Å²) in [6.07, 6.45) is 1.52. The molecule has 0 bridgehead atoms. The van der Waals surface area contributed by atoms with Gasteiger partial charge in [0.25, 0.3) is 0 Å². The van der Waals surface area contributed by atoms with Crippen molar-refractivity contribution in [2.45, 2.75) is 39.2 Å². The predicted octanol–water partition coefficient (Wildman–Crippen LogP) is 3.47. The number of halogens is 2. The Hall–Kier alpha value is -1.20. The summed E-state index contributed by atoms with van der Waals surface area (Å²) >= 11 is 3.33. The third-order valence-corrected chi connectivity index (χ3v) is 4.60. The van der Waals surface area contributed by atoms with Gasteiger partial charge in [-0.3, -0.25) is 4.68 Å². The first-order chi connectivity index (χ1) is 9.88. The number of aliphatic hydroxyl groups is 1. The third-order valence-electron chi connectivity index (χ3n) is 3.86. The van der Waals surface area contributed by atoms with Crippen LogP contribution >= 0.6 is 15.9 Å². The molecule has 0 aliphatic carbocycles. The van der Waals surface area contributed by atoms with Gasteiger partial charge in [0.05, 0.1) is 11.8 Å². The fourth-order valence-electron chi connectivity index (χ4n) is 2.53. The maximum absolute atomic E-state index is 13.0. The van der Waals surface area contributed by atoms with Gasteiger partial charge in [-0.05, 0) is 56.4 Å². The maximum Gasteiger partial charge on any atom is 0.124 e. The van der Waals surface area contributed by atoms with Crippen LogP contribution < -0.4 is 0 Å². The Balaban J connectivity index is 1.97. The Labute approximate surface area is 132 Å². The minimum atomic E-state index is -0.453. The molecule has 0 saturated carbocycles. The number of aliphatic hydroxyl groups excluding tert-OH is 1. The Morgan fingerprint density at radius 2 is 2.10 bits per heavy atom. The number of aryl methyl sites for hydroxylation is 2. The van der Waals surface area contributed by atoms with Crippen LogP contribution in [0.25, 0.3) is 0 Å². The molecule has 0 aliphatic rings. The smallest absolute Gasteiger partial charge is 0.124 e. The zero-order valence-electron chi connectivity index (χ0n) is 12.5. The van der Waals surface area contributed by atoms with E-state index in [0.29, 0.717) is 17.3 Å². The van der Waals surface area contributed by atoms with Gasteiger partial charge in [0, 0.05) is 17.2 Å². The second kappa shape index (κ2) is 6.71. The quantitative estimate of drug-likeness (QED) is 0.892. The van der Waals surface area contributed by atoms with E-state index in [0.717, 1.165) is 23.4 Å². The standard InChI is InChI=1S/C16H20BrFN2O/c1-10-15(11(2)20(3)19-10)7-6-14(21)8-12-4-5-13(18)9-16(12)17/h4-5,9,14,21H,6-8H2,1-3H3. The van der Waals surface area contributed by atoms with E-state index in [9.17, 15) is 9.50 Å². The zero-order valence-corrected chi connectivity index (χ0v) is 14.1. The van der Waals surface area contributed by atoms with Gasteiger partial charge in [-0.2, -0.15) is 5.10 Å². The molecule has 1 unspecified atom stereocenters. The first-order valence-electron chi connectivity index (χ1n) is 6.99. The molecular formula is C16H20BrFN2O. The molecule has 1 atom stereocenters. The fourth-order valence-corrected chi connectivity index (χ4v) is 3.05. The minimum Gasteiger partial charge on any atom is -0.393 e. The van der Waals surface area contributed by atoms with Crippen LogP contribution in [0.2, 0.25) is 0 Å². The van der Waals surface area contributed by atoms with E-state index in [-0.39, 0.29) is 5.82 Å². The first-order valence-corrected chi connectivity index (χ1v) is 7.79. The van der Waals surface area contributed by atoms with Crippen molar-refractivity contribution in [1.29, 1.82) is 0 Å². The lowest BCUT2D eigenvalue weighted by Crippen LogP contribution is -2.12. The van der Waals surface area contributed by atoms with Crippen LogP contribution in [0.4, 0.5) is 4.39 Å². The highest BCUT2D eigenvalue weighted by Gasteiger charge is 2.13. The summed E-state index contributed by atoms with van der Waals surface area (Å²) in [4.78, 5) is 0. The van der Waals surface area contributed by atoms with E-state index in [1.165, 1.54) is 17.7 Å². The SMILES string of the molecule is Cc1nn(C)c(C)c1CCC(O)Cc1ccc(F)cc1Br. The van der Waals surface area contributed by atoms with Crippen LogP contribution in [0.3, 0.4) is 0 Å². The van der Waals surface area contributed by atoms with E-state index < -0.39 is 6.10 Å². The van der Waals surface area contributed by atoms with Crippen molar-refractivity contribution in [3.8, 4) is 0 Å². The van der Waals surface area contributed by atoms with Gasteiger partial charge in [-0.25, -0.2) is 4.39 Å². The fraction of sp³-hybridized carbons (Fsp3) is 0.438. The van der Waals surface area contributed by atoms with Crippen molar-refractivity contribution in [2.24, 2.45) is 7.05 Å². The summed E-state index contributed by atoms with van der Waals surface area (Å²) in [6, 6.07) is 4.56. The van der Waals surface area contributed by atoms with Crippen LogP contribution in [0.1, 0.15) is 28.9 Å². The van der Waals surface area contributed by atoms with Gasteiger partial charge in [0.15, 0.2) is 0 Å². The predicted molar refractivity (Wildman–Crippen MR) is 84.8 cm³/mol. The average Bonchev–Trinajstić information content (AvgIpc) is 2.65. The average molecular weight is 355 g/mol. The normalized spacial score (nSPS) is 12.7. The molecule has 0 radical (unpaired) electrons. The van der Waals surface area contributed by atoms with Crippen LogP contribution in [0.15, 0.2) is 22.7 Å². The van der Waals surface area contributed by atoms with E-state index in [1.807, 2.05) is 25.6 Å². The Bertz CT molecular complexity index is 639. The van der Waals surface area contributed by atoms with Gasteiger partial charge in [-0.15, -0.1) is 0 Å². The molecule has 2 aromatic rings. The molecular weight excluding hydrogens is 335 g/mol. The molecule has 0 spiro atoms. The summed E-state index contributed by atoms with van der Waals surface area (Å²) in [5.41, 5.74) is 4.28. The summed E-state index contributed by atoms with van der Waals surface area (Å²) in [6.45, 7) is 4.03. The highest BCUT2D eigenvalue weighted by Crippen LogP contribution is 2.21. The molecule has 0 amide bonds. The molecule has 1 heterocycles. The second-order valence-electron chi connectivity index (χ2n) is 5.41.